The van der Waals surface area contributed by atoms with Gasteiger partial charge in [0, 0.05) is 19.0 Å². The van der Waals surface area contributed by atoms with Crippen molar-refractivity contribution in [3.63, 3.8) is 0 Å². The van der Waals surface area contributed by atoms with E-state index in [1.807, 2.05) is 0 Å². The smallest absolute Gasteiger partial charge is 0.0233 e. The first-order valence-electron chi connectivity index (χ1n) is 7.09. The average molecular weight is 285 g/mol. The van der Waals surface area contributed by atoms with E-state index in [4.69, 9.17) is 0 Å². The van der Waals surface area contributed by atoms with Crippen molar-refractivity contribution in [2.45, 2.75) is 19.4 Å². The first-order valence-corrected chi connectivity index (χ1v) is 7.73. The number of likely N-dealkylation sites (N-methyl/N-ethyl adjacent to an activating group) is 1. The molecule has 0 heterocycles. The third kappa shape index (κ3) is 4.12. The zero-order valence-electron chi connectivity index (χ0n) is 12.3. The molecule has 0 bridgehead atoms. The van der Waals surface area contributed by atoms with E-state index in [1.165, 1.54) is 16.7 Å². The van der Waals surface area contributed by atoms with Gasteiger partial charge in [0.2, 0.25) is 0 Å². The van der Waals surface area contributed by atoms with E-state index in [-0.39, 0.29) is 0 Å². The summed E-state index contributed by atoms with van der Waals surface area (Å²) in [5.74, 6) is 1.36. The maximum absolute atomic E-state index is 4.52. The summed E-state index contributed by atoms with van der Waals surface area (Å²) >= 11 is 4.52. The number of thiol groups is 1. The molecule has 1 unspecified atom stereocenters. The quantitative estimate of drug-likeness (QED) is 0.781. The summed E-state index contributed by atoms with van der Waals surface area (Å²) in [6.45, 7) is 4.20. The molecule has 2 rings (SSSR count). The van der Waals surface area contributed by atoms with Crippen LogP contribution in [0.4, 0.5) is 0 Å². The fraction of sp³-hybridized carbons (Fsp3) is 0.333. The van der Waals surface area contributed by atoms with Gasteiger partial charge in [-0.3, -0.25) is 0 Å². The normalized spacial score (nSPS) is 12.6. The van der Waals surface area contributed by atoms with Crippen LogP contribution in [0.2, 0.25) is 0 Å². The Labute approximate surface area is 128 Å². The average Bonchev–Trinajstić information content (AvgIpc) is 2.48. The number of aryl methyl sites for hydroxylation is 1. The molecule has 0 radical (unpaired) electrons. The second-order valence-electron chi connectivity index (χ2n) is 5.41. The molecular weight excluding hydrogens is 262 g/mol. The van der Waals surface area contributed by atoms with Crippen molar-refractivity contribution in [3.05, 3.63) is 71.3 Å². The zero-order valence-corrected chi connectivity index (χ0v) is 13.2. The molecule has 2 aromatic carbocycles. The molecule has 2 aromatic rings. The Bertz CT molecular complexity index is 524. The third-order valence-corrected chi connectivity index (χ3v) is 4.17. The van der Waals surface area contributed by atoms with E-state index in [2.05, 4.69) is 86.1 Å². The Morgan fingerprint density at radius 2 is 1.65 bits per heavy atom. The van der Waals surface area contributed by atoms with Crippen molar-refractivity contribution in [1.29, 1.82) is 0 Å². The summed E-state index contributed by atoms with van der Waals surface area (Å²) in [6.07, 6.45) is 0. The first-order chi connectivity index (χ1) is 9.70. The standard InChI is InChI=1S/C18H23NS/c1-15-8-6-7-11-17(15)12-19(2)13-18(14-20)16-9-4-3-5-10-16/h3-11,18,20H,12-14H2,1-2H3. The van der Waals surface area contributed by atoms with Crippen LogP contribution in [0.15, 0.2) is 54.6 Å². The Morgan fingerprint density at radius 3 is 2.30 bits per heavy atom. The van der Waals surface area contributed by atoms with Gasteiger partial charge in [-0.25, -0.2) is 0 Å². The van der Waals surface area contributed by atoms with Crippen LogP contribution in [0.25, 0.3) is 0 Å². The molecule has 0 N–H and O–H groups in total. The highest BCUT2D eigenvalue weighted by molar-refractivity contribution is 7.80. The molecular formula is C18H23NS. The van der Waals surface area contributed by atoms with E-state index in [0.29, 0.717) is 5.92 Å². The van der Waals surface area contributed by atoms with Crippen LogP contribution >= 0.6 is 12.6 Å². The zero-order chi connectivity index (χ0) is 14.4. The van der Waals surface area contributed by atoms with E-state index < -0.39 is 0 Å². The van der Waals surface area contributed by atoms with Gasteiger partial charge in [-0.2, -0.15) is 12.6 Å². The molecule has 0 fully saturated rings. The lowest BCUT2D eigenvalue weighted by Gasteiger charge is -2.24. The van der Waals surface area contributed by atoms with Gasteiger partial charge in [0.15, 0.2) is 0 Å². The maximum Gasteiger partial charge on any atom is 0.0233 e. The summed E-state index contributed by atoms with van der Waals surface area (Å²) in [5.41, 5.74) is 4.14. The van der Waals surface area contributed by atoms with Crippen molar-refractivity contribution >= 4 is 12.6 Å². The first kappa shape index (κ1) is 15.1. The fourth-order valence-electron chi connectivity index (χ4n) is 2.51. The largest absolute Gasteiger partial charge is 0.301 e. The summed E-state index contributed by atoms with van der Waals surface area (Å²) in [4.78, 5) is 2.39. The van der Waals surface area contributed by atoms with Crippen LogP contribution in [0, 0.1) is 6.92 Å². The SMILES string of the molecule is Cc1ccccc1CN(C)CC(CS)c1ccccc1. The lowest BCUT2D eigenvalue weighted by atomic mass is 10.00. The predicted octanol–water partition coefficient (Wildman–Crippen LogP) is 4.14. The molecule has 0 aliphatic carbocycles. The third-order valence-electron chi connectivity index (χ3n) is 3.72. The molecule has 0 saturated heterocycles. The van der Waals surface area contributed by atoms with E-state index in [0.717, 1.165) is 18.8 Å². The number of rotatable bonds is 6. The van der Waals surface area contributed by atoms with E-state index >= 15 is 0 Å². The molecule has 2 heteroatoms. The van der Waals surface area contributed by atoms with Crippen molar-refractivity contribution in [2.24, 2.45) is 0 Å². The van der Waals surface area contributed by atoms with Crippen LogP contribution in [-0.4, -0.2) is 24.2 Å². The van der Waals surface area contributed by atoms with E-state index in [9.17, 15) is 0 Å². The van der Waals surface area contributed by atoms with E-state index in [1.54, 1.807) is 0 Å². The van der Waals surface area contributed by atoms with Gasteiger partial charge >= 0.3 is 0 Å². The number of hydrogen-bond donors (Lipinski definition) is 1. The van der Waals surface area contributed by atoms with Crippen molar-refractivity contribution in [1.82, 2.24) is 4.90 Å². The van der Waals surface area contributed by atoms with Crippen LogP contribution in [0.5, 0.6) is 0 Å². The number of nitrogens with zero attached hydrogens (tertiary/aromatic N) is 1. The highest BCUT2D eigenvalue weighted by atomic mass is 32.1. The maximum atomic E-state index is 4.52. The molecule has 0 saturated carbocycles. The van der Waals surface area contributed by atoms with Gasteiger partial charge in [0.25, 0.3) is 0 Å². The van der Waals surface area contributed by atoms with Gasteiger partial charge in [0.05, 0.1) is 0 Å². The predicted molar refractivity (Wildman–Crippen MR) is 90.5 cm³/mol. The molecule has 0 aromatic heterocycles. The molecule has 1 atom stereocenters. The fourth-order valence-corrected chi connectivity index (χ4v) is 2.84. The second kappa shape index (κ2) is 7.51. The molecule has 0 aliphatic heterocycles. The summed E-state index contributed by atoms with van der Waals surface area (Å²) in [7, 11) is 2.19. The molecule has 1 nitrogen and oxygen atoms in total. The Kier molecular flexibility index (Phi) is 5.69. The van der Waals surface area contributed by atoms with Gasteiger partial charge < -0.3 is 4.90 Å². The molecule has 0 amide bonds. The Morgan fingerprint density at radius 1 is 1.00 bits per heavy atom. The van der Waals surface area contributed by atoms with Crippen molar-refractivity contribution in [2.75, 3.05) is 19.3 Å². The number of hydrogen-bond acceptors (Lipinski definition) is 2. The molecule has 0 aliphatic rings. The minimum Gasteiger partial charge on any atom is -0.301 e. The molecule has 20 heavy (non-hydrogen) atoms. The van der Waals surface area contributed by atoms with Crippen LogP contribution in [0.3, 0.4) is 0 Å². The van der Waals surface area contributed by atoms with Crippen LogP contribution in [0.1, 0.15) is 22.6 Å². The van der Waals surface area contributed by atoms with Crippen molar-refractivity contribution in [3.8, 4) is 0 Å². The van der Waals surface area contributed by atoms with Gasteiger partial charge in [-0.05, 0) is 36.4 Å². The van der Waals surface area contributed by atoms with Crippen LogP contribution < -0.4 is 0 Å². The summed E-state index contributed by atoms with van der Waals surface area (Å²) in [6, 6.07) is 19.3. The Hall–Kier alpha value is -1.25. The minimum absolute atomic E-state index is 0.480. The summed E-state index contributed by atoms with van der Waals surface area (Å²) in [5, 5.41) is 0. The topological polar surface area (TPSA) is 3.24 Å². The monoisotopic (exact) mass is 285 g/mol. The lowest BCUT2D eigenvalue weighted by Crippen LogP contribution is -2.25. The highest BCUT2D eigenvalue weighted by Crippen LogP contribution is 2.19. The van der Waals surface area contributed by atoms with Gasteiger partial charge in [-0.1, -0.05) is 54.6 Å². The van der Waals surface area contributed by atoms with Gasteiger partial charge in [0.1, 0.15) is 0 Å². The second-order valence-corrected chi connectivity index (χ2v) is 5.78. The minimum atomic E-state index is 0.480. The molecule has 0 spiro atoms. The van der Waals surface area contributed by atoms with Gasteiger partial charge in [-0.15, -0.1) is 0 Å². The highest BCUT2D eigenvalue weighted by Gasteiger charge is 2.13. The number of benzene rings is 2. The lowest BCUT2D eigenvalue weighted by molar-refractivity contribution is 0.310. The summed E-state index contributed by atoms with van der Waals surface area (Å²) < 4.78 is 0. The van der Waals surface area contributed by atoms with Crippen molar-refractivity contribution < 1.29 is 0 Å². The van der Waals surface area contributed by atoms with Crippen LogP contribution in [-0.2, 0) is 6.54 Å². The Balaban J connectivity index is 2.00. The molecule has 106 valence electrons.